The molecule has 1 unspecified atom stereocenters. The third-order valence-electron chi connectivity index (χ3n) is 4.28. The Bertz CT molecular complexity index is 893. The third-order valence-corrected chi connectivity index (χ3v) is 5.97. The minimum atomic E-state index is -4.06. The maximum Gasteiger partial charge on any atom is 0.417 e. The molecule has 2 fully saturated rings. The molecule has 3 rings (SSSR count). The van der Waals surface area contributed by atoms with Crippen LogP contribution in [0.3, 0.4) is 0 Å². The van der Waals surface area contributed by atoms with Crippen LogP contribution in [0.25, 0.3) is 0 Å². The predicted octanol–water partition coefficient (Wildman–Crippen LogP) is 0.337. The van der Waals surface area contributed by atoms with Crippen LogP contribution in [0.5, 0.6) is 0 Å². The largest absolute Gasteiger partial charge is 0.439 e. The molecule has 1 atom stereocenters. The molecule has 2 aliphatic rings. The number of hydrogen-bond acceptors (Lipinski definition) is 6. The number of halogens is 2. The first-order chi connectivity index (χ1) is 12.7. The number of benzene rings is 1. The molecule has 1 aromatic carbocycles. The van der Waals surface area contributed by atoms with Gasteiger partial charge in [0.05, 0.1) is 22.5 Å². The molecule has 0 radical (unpaired) electrons. The number of ether oxygens (including phenoxy) is 1. The van der Waals surface area contributed by atoms with Gasteiger partial charge in [0.15, 0.2) is 6.61 Å². The van der Waals surface area contributed by atoms with Gasteiger partial charge in [0.25, 0.3) is 5.91 Å². The van der Waals surface area contributed by atoms with Gasteiger partial charge in [0.1, 0.15) is 5.82 Å². The Labute approximate surface area is 159 Å². The van der Waals surface area contributed by atoms with E-state index < -0.39 is 46.3 Å². The molecule has 2 saturated heterocycles. The molecule has 0 saturated carbocycles. The fraction of sp³-hybridized carbons (Fsp3) is 0.400. The van der Waals surface area contributed by atoms with E-state index in [2.05, 4.69) is 9.46 Å². The van der Waals surface area contributed by atoms with Gasteiger partial charge >= 0.3 is 6.09 Å². The Hall–Kier alpha value is -2.24. The highest BCUT2D eigenvalue weighted by Crippen LogP contribution is 2.21. The Balaban J connectivity index is 1.59. The number of sulfonamides is 1. The summed E-state index contributed by atoms with van der Waals surface area (Å²) in [6, 6.07) is 2.39. The minimum absolute atomic E-state index is 0.101. The average molecular weight is 420 g/mol. The van der Waals surface area contributed by atoms with Gasteiger partial charge in [-0.1, -0.05) is 11.6 Å². The summed E-state index contributed by atoms with van der Waals surface area (Å²) in [6.07, 6.45) is -0.361. The van der Waals surface area contributed by atoms with E-state index in [-0.39, 0.29) is 29.6 Å². The summed E-state index contributed by atoms with van der Waals surface area (Å²) in [7, 11) is -4.06. The van der Waals surface area contributed by atoms with Crippen LogP contribution in [0.15, 0.2) is 23.1 Å². The summed E-state index contributed by atoms with van der Waals surface area (Å²) in [6.45, 7) is -0.472. The van der Waals surface area contributed by atoms with Gasteiger partial charge in [-0.15, -0.1) is 0 Å². The van der Waals surface area contributed by atoms with Crippen molar-refractivity contribution >= 4 is 39.5 Å². The van der Waals surface area contributed by atoms with E-state index in [0.29, 0.717) is 6.42 Å². The van der Waals surface area contributed by atoms with Crippen molar-refractivity contribution in [2.45, 2.75) is 17.4 Å². The van der Waals surface area contributed by atoms with Crippen molar-refractivity contribution in [1.82, 2.24) is 14.5 Å². The summed E-state index contributed by atoms with van der Waals surface area (Å²) in [5.74, 6) is -1.74. The maximum atomic E-state index is 13.2. The van der Waals surface area contributed by atoms with Crippen LogP contribution in [0.1, 0.15) is 6.42 Å². The smallest absolute Gasteiger partial charge is 0.417 e. The molecule has 1 aromatic rings. The first kappa shape index (κ1) is 19.5. The van der Waals surface area contributed by atoms with E-state index in [9.17, 15) is 27.2 Å². The number of nitrogens with one attached hydrogen (secondary N) is 1. The zero-order chi connectivity index (χ0) is 19.8. The highest BCUT2D eigenvalue weighted by atomic mass is 35.5. The number of rotatable bonds is 5. The number of hydrogen-bond donors (Lipinski definition) is 1. The van der Waals surface area contributed by atoms with Gasteiger partial charge < -0.3 is 9.64 Å². The van der Waals surface area contributed by atoms with Crippen LogP contribution in [-0.4, -0.2) is 68.4 Å². The molecular formula is C15H15ClFN3O6S. The van der Waals surface area contributed by atoms with Crippen molar-refractivity contribution in [3.05, 3.63) is 29.0 Å². The molecule has 2 heterocycles. The van der Waals surface area contributed by atoms with Crippen molar-refractivity contribution < 1.29 is 31.9 Å². The Morgan fingerprint density at radius 3 is 2.74 bits per heavy atom. The lowest BCUT2D eigenvalue weighted by atomic mass is 10.2. The summed E-state index contributed by atoms with van der Waals surface area (Å²) in [5.41, 5.74) is 0. The molecule has 0 aromatic heterocycles. The minimum Gasteiger partial charge on any atom is -0.439 e. The molecule has 0 bridgehead atoms. The molecule has 2 aliphatic heterocycles. The lowest BCUT2D eigenvalue weighted by molar-refractivity contribution is -0.130. The summed E-state index contributed by atoms with van der Waals surface area (Å²) >= 11 is 5.58. The first-order valence-electron chi connectivity index (χ1n) is 7.90. The topological polar surface area (TPSA) is 113 Å². The van der Waals surface area contributed by atoms with E-state index in [1.165, 1.54) is 4.90 Å². The van der Waals surface area contributed by atoms with Crippen molar-refractivity contribution in [2.75, 3.05) is 26.2 Å². The zero-order valence-corrected chi connectivity index (χ0v) is 15.4. The molecule has 27 heavy (non-hydrogen) atoms. The summed E-state index contributed by atoms with van der Waals surface area (Å²) < 4.78 is 44.3. The SMILES string of the molecule is O=C(CNS(=O)(=O)c1ccc(F)c(Cl)c1)N1CCC(N2C(=O)COC2=O)C1. The number of likely N-dealkylation sites (tertiary alicyclic amines) is 1. The standard InChI is InChI=1S/C15H15ClFN3O6S/c16-11-5-10(1-2-12(11)17)27(24,25)18-6-13(21)19-4-3-9(7-19)20-14(22)8-26-15(20)23/h1-2,5,9,18H,3-4,6-8H2. The number of nitrogens with zero attached hydrogens (tertiary/aromatic N) is 2. The highest BCUT2D eigenvalue weighted by molar-refractivity contribution is 7.89. The van der Waals surface area contributed by atoms with Crippen LogP contribution >= 0.6 is 11.6 Å². The van der Waals surface area contributed by atoms with Crippen LogP contribution < -0.4 is 4.72 Å². The highest BCUT2D eigenvalue weighted by Gasteiger charge is 2.41. The number of cyclic esters (lactones) is 1. The summed E-state index contributed by atoms with van der Waals surface area (Å²) in [5, 5.41) is -0.353. The van der Waals surface area contributed by atoms with Crippen LogP contribution in [-0.2, 0) is 24.3 Å². The predicted molar refractivity (Wildman–Crippen MR) is 89.8 cm³/mol. The Morgan fingerprint density at radius 1 is 1.37 bits per heavy atom. The average Bonchev–Trinajstić information content (AvgIpc) is 3.21. The first-order valence-corrected chi connectivity index (χ1v) is 9.76. The number of carbonyl (C=O) groups excluding carboxylic acids is 3. The van der Waals surface area contributed by atoms with Crippen molar-refractivity contribution in [3.63, 3.8) is 0 Å². The second-order valence-corrected chi connectivity index (χ2v) is 8.18. The van der Waals surface area contributed by atoms with Gasteiger partial charge in [-0.3, -0.25) is 9.59 Å². The second-order valence-electron chi connectivity index (χ2n) is 6.00. The van der Waals surface area contributed by atoms with Gasteiger partial charge in [-0.2, -0.15) is 0 Å². The molecular weight excluding hydrogens is 405 g/mol. The lowest BCUT2D eigenvalue weighted by Crippen LogP contribution is -2.43. The van der Waals surface area contributed by atoms with Crippen LogP contribution in [0.2, 0.25) is 5.02 Å². The zero-order valence-electron chi connectivity index (χ0n) is 13.9. The lowest BCUT2D eigenvalue weighted by Gasteiger charge is -2.20. The van der Waals surface area contributed by atoms with Gasteiger partial charge in [-0.25, -0.2) is 27.2 Å². The van der Waals surface area contributed by atoms with Crippen molar-refractivity contribution in [2.24, 2.45) is 0 Å². The third kappa shape index (κ3) is 4.04. The van der Waals surface area contributed by atoms with E-state index in [1.807, 2.05) is 0 Å². The molecule has 9 nitrogen and oxygen atoms in total. The number of carbonyl (C=O) groups is 3. The second kappa shape index (κ2) is 7.41. The van der Waals surface area contributed by atoms with Crippen molar-refractivity contribution in [1.29, 1.82) is 0 Å². The van der Waals surface area contributed by atoms with E-state index >= 15 is 0 Å². The molecule has 0 spiro atoms. The summed E-state index contributed by atoms with van der Waals surface area (Å²) in [4.78, 5) is 37.5. The Morgan fingerprint density at radius 2 is 2.11 bits per heavy atom. The number of imide groups is 1. The number of amides is 3. The maximum absolute atomic E-state index is 13.2. The fourth-order valence-electron chi connectivity index (χ4n) is 2.89. The fourth-order valence-corrected chi connectivity index (χ4v) is 4.14. The van der Waals surface area contributed by atoms with E-state index in [4.69, 9.17) is 11.6 Å². The van der Waals surface area contributed by atoms with Gasteiger partial charge in [-0.05, 0) is 24.6 Å². The molecule has 1 N–H and O–H groups in total. The van der Waals surface area contributed by atoms with E-state index in [0.717, 1.165) is 23.1 Å². The monoisotopic (exact) mass is 419 g/mol. The quantitative estimate of drug-likeness (QED) is 0.736. The van der Waals surface area contributed by atoms with E-state index in [1.54, 1.807) is 0 Å². The van der Waals surface area contributed by atoms with Gasteiger partial charge in [0, 0.05) is 13.1 Å². The van der Waals surface area contributed by atoms with Gasteiger partial charge in [0.2, 0.25) is 15.9 Å². The normalized spacial score (nSPS) is 20.3. The molecule has 12 heteroatoms. The van der Waals surface area contributed by atoms with Crippen molar-refractivity contribution in [3.8, 4) is 0 Å². The molecule has 3 amide bonds. The van der Waals surface area contributed by atoms with Crippen LogP contribution in [0, 0.1) is 5.82 Å². The molecule has 0 aliphatic carbocycles. The van der Waals surface area contributed by atoms with Crippen LogP contribution in [0.4, 0.5) is 9.18 Å². The molecule has 146 valence electrons. The Kier molecular flexibility index (Phi) is 5.36.